The summed E-state index contributed by atoms with van der Waals surface area (Å²) in [7, 11) is 0. The molecule has 0 aromatic heterocycles. The van der Waals surface area contributed by atoms with E-state index in [4.69, 9.17) is 0 Å². The van der Waals surface area contributed by atoms with E-state index >= 15 is 0 Å². The van der Waals surface area contributed by atoms with Crippen LogP contribution in [0.1, 0.15) is 18.9 Å². The Bertz CT molecular complexity index is 284. The SMILES string of the molecule is CSCCC(C)NCc1ccc(SC)cc1. The lowest BCUT2D eigenvalue weighted by Crippen LogP contribution is -2.25. The molecular weight excluding hydrogens is 234 g/mol. The summed E-state index contributed by atoms with van der Waals surface area (Å²) in [4.78, 5) is 1.33. The van der Waals surface area contributed by atoms with E-state index in [1.54, 1.807) is 11.8 Å². The molecule has 0 radical (unpaired) electrons. The van der Waals surface area contributed by atoms with Crippen LogP contribution in [0, 0.1) is 0 Å². The summed E-state index contributed by atoms with van der Waals surface area (Å²) in [6.07, 6.45) is 5.51. The Morgan fingerprint density at radius 1 is 1.19 bits per heavy atom. The Labute approximate surface area is 108 Å². The highest BCUT2D eigenvalue weighted by molar-refractivity contribution is 7.98. The van der Waals surface area contributed by atoms with E-state index < -0.39 is 0 Å². The smallest absolute Gasteiger partial charge is 0.0207 e. The van der Waals surface area contributed by atoms with Gasteiger partial charge in [-0.25, -0.2) is 0 Å². The molecule has 0 aliphatic rings. The first-order valence-corrected chi connectivity index (χ1v) is 8.23. The second-order valence-electron chi connectivity index (χ2n) is 3.91. The molecule has 0 heterocycles. The van der Waals surface area contributed by atoms with Gasteiger partial charge in [-0.15, -0.1) is 11.8 Å². The Morgan fingerprint density at radius 2 is 1.88 bits per heavy atom. The van der Waals surface area contributed by atoms with Crippen LogP contribution in [0.5, 0.6) is 0 Å². The molecule has 0 spiro atoms. The molecule has 90 valence electrons. The van der Waals surface area contributed by atoms with Gasteiger partial charge in [-0.05, 0) is 49.3 Å². The molecule has 1 N–H and O–H groups in total. The Hall–Kier alpha value is -0.120. The number of thioether (sulfide) groups is 2. The van der Waals surface area contributed by atoms with Crippen LogP contribution in [0.25, 0.3) is 0 Å². The van der Waals surface area contributed by atoms with Crippen LogP contribution in [-0.4, -0.2) is 24.3 Å². The zero-order valence-electron chi connectivity index (χ0n) is 10.3. The highest BCUT2D eigenvalue weighted by Crippen LogP contribution is 2.14. The lowest BCUT2D eigenvalue weighted by Gasteiger charge is -2.13. The first-order valence-electron chi connectivity index (χ1n) is 5.61. The number of hydrogen-bond donors (Lipinski definition) is 1. The van der Waals surface area contributed by atoms with Gasteiger partial charge in [0.25, 0.3) is 0 Å². The summed E-state index contributed by atoms with van der Waals surface area (Å²) in [6.45, 7) is 3.23. The first-order chi connectivity index (χ1) is 7.76. The number of hydrogen-bond acceptors (Lipinski definition) is 3. The third-order valence-electron chi connectivity index (χ3n) is 2.57. The molecule has 0 amide bonds. The zero-order valence-corrected chi connectivity index (χ0v) is 12.0. The molecule has 1 rings (SSSR count). The van der Waals surface area contributed by atoms with Gasteiger partial charge in [0.05, 0.1) is 0 Å². The van der Waals surface area contributed by atoms with E-state index in [0.29, 0.717) is 6.04 Å². The fourth-order valence-corrected chi connectivity index (χ4v) is 2.43. The highest BCUT2D eigenvalue weighted by atomic mass is 32.2. The number of nitrogens with one attached hydrogen (secondary N) is 1. The van der Waals surface area contributed by atoms with Crippen LogP contribution in [0.3, 0.4) is 0 Å². The summed E-state index contributed by atoms with van der Waals surface area (Å²) in [5.74, 6) is 1.24. The molecule has 0 saturated carbocycles. The van der Waals surface area contributed by atoms with Crippen molar-refractivity contribution >= 4 is 23.5 Å². The monoisotopic (exact) mass is 255 g/mol. The van der Waals surface area contributed by atoms with Crippen LogP contribution in [-0.2, 0) is 6.54 Å². The molecule has 16 heavy (non-hydrogen) atoms. The largest absolute Gasteiger partial charge is 0.310 e. The second-order valence-corrected chi connectivity index (χ2v) is 5.78. The molecular formula is C13H21NS2. The Morgan fingerprint density at radius 3 is 2.44 bits per heavy atom. The summed E-state index contributed by atoms with van der Waals surface area (Å²) in [6, 6.07) is 9.40. The van der Waals surface area contributed by atoms with Crippen LogP contribution < -0.4 is 5.32 Å². The van der Waals surface area contributed by atoms with Gasteiger partial charge in [0, 0.05) is 17.5 Å². The van der Waals surface area contributed by atoms with Gasteiger partial charge in [0.1, 0.15) is 0 Å². The fourth-order valence-electron chi connectivity index (χ4n) is 1.43. The van der Waals surface area contributed by atoms with Crippen molar-refractivity contribution in [1.82, 2.24) is 5.32 Å². The third kappa shape index (κ3) is 5.28. The lowest BCUT2D eigenvalue weighted by atomic mass is 10.2. The molecule has 1 nitrogen and oxygen atoms in total. The summed E-state index contributed by atoms with van der Waals surface area (Å²) < 4.78 is 0. The van der Waals surface area contributed by atoms with E-state index in [1.807, 2.05) is 11.8 Å². The van der Waals surface area contributed by atoms with Crippen molar-refractivity contribution in [3.8, 4) is 0 Å². The maximum atomic E-state index is 3.55. The Balaban J connectivity index is 2.30. The minimum absolute atomic E-state index is 0.604. The third-order valence-corrected chi connectivity index (χ3v) is 3.96. The molecule has 3 heteroatoms. The van der Waals surface area contributed by atoms with Gasteiger partial charge in [-0.1, -0.05) is 12.1 Å². The minimum Gasteiger partial charge on any atom is -0.310 e. The average molecular weight is 255 g/mol. The number of benzene rings is 1. The van der Waals surface area contributed by atoms with Crippen molar-refractivity contribution in [2.45, 2.75) is 30.8 Å². The molecule has 0 fully saturated rings. The predicted octanol–water partition coefficient (Wildman–Crippen LogP) is 3.64. The standard InChI is InChI=1S/C13H21NS2/c1-11(8-9-15-2)14-10-12-4-6-13(16-3)7-5-12/h4-7,11,14H,8-10H2,1-3H3. The topological polar surface area (TPSA) is 12.0 Å². The summed E-state index contributed by atoms with van der Waals surface area (Å²) in [5, 5.41) is 3.55. The van der Waals surface area contributed by atoms with Crippen LogP contribution in [0.4, 0.5) is 0 Å². The van der Waals surface area contributed by atoms with Gasteiger partial charge in [-0.2, -0.15) is 11.8 Å². The molecule has 0 bridgehead atoms. The zero-order chi connectivity index (χ0) is 11.8. The fraction of sp³-hybridized carbons (Fsp3) is 0.538. The van der Waals surface area contributed by atoms with Gasteiger partial charge in [-0.3, -0.25) is 0 Å². The predicted molar refractivity (Wildman–Crippen MR) is 77.5 cm³/mol. The van der Waals surface area contributed by atoms with E-state index in [1.165, 1.54) is 22.6 Å². The maximum Gasteiger partial charge on any atom is 0.0207 e. The summed E-state index contributed by atoms with van der Waals surface area (Å²) in [5.41, 5.74) is 1.37. The van der Waals surface area contributed by atoms with Gasteiger partial charge < -0.3 is 5.32 Å². The average Bonchev–Trinajstić information content (AvgIpc) is 2.34. The van der Waals surface area contributed by atoms with Crippen molar-refractivity contribution in [1.29, 1.82) is 0 Å². The van der Waals surface area contributed by atoms with Crippen molar-refractivity contribution in [3.05, 3.63) is 29.8 Å². The normalized spacial score (nSPS) is 12.7. The van der Waals surface area contributed by atoms with Crippen LogP contribution in [0.2, 0.25) is 0 Å². The quantitative estimate of drug-likeness (QED) is 0.747. The van der Waals surface area contributed by atoms with Gasteiger partial charge in [0.2, 0.25) is 0 Å². The van der Waals surface area contributed by atoms with Crippen molar-refractivity contribution < 1.29 is 0 Å². The molecule has 0 aliphatic heterocycles. The van der Waals surface area contributed by atoms with E-state index in [0.717, 1.165) is 6.54 Å². The van der Waals surface area contributed by atoms with Crippen molar-refractivity contribution in [2.75, 3.05) is 18.3 Å². The molecule has 0 saturated heterocycles. The highest BCUT2D eigenvalue weighted by Gasteiger charge is 2.00. The first kappa shape index (κ1) is 13.9. The molecule has 1 atom stereocenters. The van der Waals surface area contributed by atoms with E-state index in [9.17, 15) is 0 Å². The molecule has 0 aliphatic carbocycles. The minimum atomic E-state index is 0.604. The lowest BCUT2D eigenvalue weighted by molar-refractivity contribution is 0.537. The van der Waals surface area contributed by atoms with E-state index in [-0.39, 0.29) is 0 Å². The maximum absolute atomic E-state index is 3.55. The number of rotatable bonds is 7. The van der Waals surface area contributed by atoms with E-state index in [2.05, 4.69) is 49.0 Å². The van der Waals surface area contributed by atoms with Crippen LogP contribution >= 0.6 is 23.5 Å². The van der Waals surface area contributed by atoms with Crippen LogP contribution in [0.15, 0.2) is 29.2 Å². The summed E-state index contributed by atoms with van der Waals surface area (Å²) >= 11 is 3.70. The molecule has 1 unspecified atom stereocenters. The molecule has 1 aromatic carbocycles. The molecule has 1 aromatic rings. The Kier molecular flexibility index (Phi) is 7.01. The van der Waals surface area contributed by atoms with Crippen molar-refractivity contribution in [2.24, 2.45) is 0 Å². The second kappa shape index (κ2) is 8.04. The van der Waals surface area contributed by atoms with Gasteiger partial charge >= 0.3 is 0 Å². The van der Waals surface area contributed by atoms with Gasteiger partial charge in [0.15, 0.2) is 0 Å². The van der Waals surface area contributed by atoms with Crippen molar-refractivity contribution in [3.63, 3.8) is 0 Å².